The first-order valence-electron chi connectivity index (χ1n) is 6.24. The SMILES string of the molecule is CCC(CNC1CC1)Oc1cccc(C)c1. The maximum absolute atomic E-state index is 5.96. The van der Waals surface area contributed by atoms with E-state index in [0.29, 0.717) is 6.10 Å². The highest BCUT2D eigenvalue weighted by Crippen LogP contribution is 2.19. The Morgan fingerprint density at radius 2 is 2.25 bits per heavy atom. The lowest BCUT2D eigenvalue weighted by Gasteiger charge is -2.18. The minimum absolute atomic E-state index is 0.294. The molecule has 0 amide bonds. The highest BCUT2D eigenvalue weighted by molar-refractivity contribution is 5.27. The summed E-state index contributed by atoms with van der Waals surface area (Å²) < 4.78 is 5.96. The summed E-state index contributed by atoms with van der Waals surface area (Å²) in [5.41, 5.74) is 1.25. The number of hydrogen-bond donors (Lipinski definition) is 1. The summed E-state index contributed by atoms with van der Waals surface area (Å²) in [7, 11) is 0. The summed E-state index contributed by atoms with van der Waals surface area (Å²) in [6.07, 6.45) is 4.01. The maximum atomic E-state index is 5.96. The van der Waals surface area contributed by atoms with E-state index in [0.717, 1.165) is 24.8 Å². The molecule has 1 fully saturated rings. The fraction of sp³-hybridized carbons (Fsp3) is 0.571. The first-order valence-corrected chi connectivity index (χ1v) is 6.24. The molecule has 1 aliphatic carbocycles. The van der Waals surface area contributed by atoms with E-state index in [4.69, 9.17) is 4.74 Å². The molecule has 2 nitrogen and oxygen atoms in total. The average Bonchev–Trinajstić information content (AvgIpc) is 3.08. The van der Waals surface area contributed by atoms with E-state index in [1.54, 1.807) is 0 Å². The average molecular weight is 219 g/mol. The van der Waals surface area contributed by atoms with E-state index in [9.17, 15) is 0 Å². The van der Waals surface area contributed by atoms with Gasteiger partial charge in [-0.15, -0.1) is 0 Å². The summed E-state index contributed by atoms with van der Waals surface area (Å²) in [4.78, 5) is 0. The second-order valence-electron chi connectivity index (χ2n) is 4.65. The van der Waals surface area contributed by atoms with Crippen LogP contribution < -0.4 is 10.1 Å². The number of nitrogens with one attached hydrogen (secondary N) is 1. The van der Waals surface area contributed by atoms with Gasteiger partial charge >= 0.3 is 0 Å². The summed E-state index contributed by atoms with van der Waals surface area (Å²) in [5, 5.41) is 3.52. The number of rotatable bonds is 6. The van der Waals surface area contributed by atoms with E-state index >= 15 is 0 Å². The van der Waals surface area contributed by atoms with Crippen molar-refractivity contribution in [2.24, 2.45) is 0 Å². The Bertz CT molecular complexity index is 333. The number of hydrogen-bond acceptors (Lipinski definition) is 2. The summed E-state index contributed by atoms with van der Waals surface area (Å²) in [6.45, 7) is 5.24. The first kappa shape index (κ1) is 11.5. The molecule has 2 heteroatoms. The molecule has 1 N–H and O–H groups in total. The normalized spacial score (nSPS) is 17.1. The minimum atomic E-state index is 0.294. The van der Waals surface area contributed by atoms with E-state index in [1.165, 1.54) is 18.4 Å². The summed E-state index contributed by atoms with van der Waals surface area (Å²) in [5.74, 6) is 0.990. The lowest BCUT2D eigenvalue weighted by Crippen LogP contribution is -2.32. The van der Waals surface area contributed by atoms with Crippen LogP contribution in [0, 0.1) is 6.92 Å². The van der Waals surface area contributed by atoms with Gasteiger partial charge in [-0.05, 0) is 43.9 Å². The van der Waals surface area contributed by atoms with E-state index in [2.05, 4.69) is 31.3 Å². The Hall–Kier alpha value is -1.02. The largest absolute Gasteiger partial charge is 0.489 e. The highest BCUT2D eigenvalue weighted by atomic mass is 16.5. The molecule has 0 spiro atoms. The third-order valence-corrected chi connectivity index (χ3v) is 2.96. The zero-order valence-electron chi connectivity index (χ0n) is 10.2. The van der Waals surface area contributed by atoms with Gasteiger partial charge in [-0.25, -0.2) is 0 Å². The van der Waals surface area contributed by atoms with Crippen molar-refractivity contribution in [3.05, 3.63) is 29.8 Å². The van der Waals surface area contributed by atoms with Crippen LogP contribution in [0.15, 0.2) is 24.3 Å². The summed E-state index contributed by atoms with van der Waals surface area (Å²) >= 11 is 0. The molecule has 1 aromatic rings. The number of aryl methyl sites for hydroxylation is 1. The standard InChI is InChI=1S/C14H21NO/c1-3-13(10-15-12-7-8-12)16-14-6-4-5-11(2)9-14/h4-6,9,12-13,15H,3,7-8,10H2,1-2H3. The Morgan fingerprint density at radius 3 is 2.88 bits per heavy atom. The zero-order chi connectivity index (χ0) is 11.4. The van der Waals surface area contributed by atoms with Gasteiger partial charge < -0.3 is 10.1 Å². The van der Waals surface area contributed by atoms with Crippen LogP contribution in [0.25, 0.3) is 0 Å². The minimum Gasteiger partial charge on any atom is -0.489 e. The predicted molar refractivity (Wildman–Crippen MR) is 66.9 cm³/mol. The highest BCUT2D eigenvalue weighted by Gasteiger charge is 2.21. The Morgan fingerprint density at radius 1 is 1.44 bits per heavy atom. The lowest BCUT2D eigenvalue weighted by atomic mass is 10.2. The summed E-state index contributed by atoms with van der Waals surface area (Å²) in [6, 6.07) is 9.03. The molecule has 88 valence electrons. The molecule has 1 saturated carbocycles. The van der Waals surface area contributed by atoms with Crippen LogP contribution in [-0.2, 0) is 0 Å². The van der Waals surface area contributed by atoms with Crippen LogP contribution in [0.2, 0.25) is 0 Å². The smallest absolute Gasteiger partial charge is 0.120 e. The monoisotopic (exact) mass is 219 g/mol. The Balaban J connectivity index is 1.84. The fourth-order valence-corrected chi connectivity index (χ4v) is 1.74. The maximum Gasteiger partial charge on any atom is 0.120 e. The van der Waals surface area contributed by atoms with Crippen molar-refractivity contribution in [3.8, 4) is 5.75 Å². The van der Waals surface area contributed by atoms with Crippen molar-refractivity contribution in [2.75, 3.05) is 6.54 Å². The van der Waals surface area contributed by atoms with Crippen LogP contribution in [0.5, 0.6) is 5.75 Å². The van der Waals surface area contributed by atoms with Crippen molar-refractivity contribution in [1.82, 2.24) is 5.32 Å². The molecule has 0 heterocycles. The van der Waals surface area contributed by atoms with Crippen LogP contribution in [0.3, 0.4) is 0 Å². The quantitative estimate of drug-likeness (QED) is 0.794. The van der Waals surface area contributed by atoms with Gasteiger partial charge in [-0.1, -0.05) is 19.1 Å². The predicted octanol–water partition coefficient (Wildman–Crippen LogP) is 2.90. The third-order valence-electron chi connectivity index (χ3n) is 2.96. The van der Waals surface area contributed by atoms with Gasteiger partial charge in [0.1, 0.15) is 11.9 Å². The van der Waals surface area contributed by atoms with Crippen molar-refractivity contribution < 1.29 is 4.74 Å². The molecule has 2 rings (SSSR count). The third kappa shape index (κ3) is 3.53. The molecule has 0 aliphatic heterocycles. The van der Waals surface area contributed by atoms with Gasteiger partial charge in [0.2, 0.25) is 0 Å². The molecular weight excluding hydrogens is 198 g/mol. The fourth-order valence-electron chi connectivity index (χ4n) is 1.74. The molecule has 1 atom stereocenters. The molecule has 0 bridgehead atoms. The number of ether oxygens (including phenoxy) is 1. The Kier molecular flexibility index (Phi) is 3.83. The molecule has 1 aromatic carbocycles. The van der Waals surface area contributed by atoms with E-state index < -0.39 is 0 Å². The molecule has 0 aromatic heterocycles. The van der Waals surface area contributed by atoms with Gasteiger partial charge in [0.05, 0.1) is 0 Å². The van der Waals surface area contributed by atoms with Crippen LogP contribution in [0.1, 0.15) is 31.7 Å². The van der Waals surface area contributed by atoms with Gasteiger partial charge in [-0.2, -0.15) is 0 Å². The Labute approximate surface area is 98.0 Å². The molecule has 1 unspecified atom stereocenters. The van der Waals surface area contributed by atoms with E-state index in [-0.39, 0.29) is 0 Å². The van der Waals surface area contributed by atoms with Gasteiger partial charge in [-0.3, -0.25) is 0 Å². The van der Waals surface area contributed by atoms with Crippen molar-refractivity contribution in [1.29, 1.82) is 0 Å². The molecule has 16 heavy (non-hydrogen) atoms. The first-order chi connectivity index (χ1) is 7.78. The molecule has 0 radical (unpaired) electrons. The van der Waals surface area contributed by atoms with Crippen molar-refractivity contribution >= 4 is 0 Å². The second-order valence-corrected chi connectivity index (χ2v) is 4.65. The van der Waals surface area contributed by atoms with Gasteiger partial charge in [0.15, 0.2) is 0 Å². The van der Waals surface area contributed by atoms with Crippen molar-refractivity contribution in [3.63, 3.8) is 0 Å². The lowest BCUT2D eigenvalue weighted by molar-refractivity contribution is 0.193. The molecular formula is C14H21NO. The zero-order valence-corrected chi connectivity index (χ0v) is 10.2. The van der Waals surface area contributed by atoms with Crippen LogP contribution in [-0.4, -0.2) is 18.7 Å². The second kappa shape index (κ2) is 5.35. The van der Waals surface area contributed by atoms with Crippen LogP contribution in [0.4, 0.5) is 0 Å². The van der Waals surface area contributed by atoms with E-state index in [1.807, 2.05) is 12.1 Å². The topological polar surface area (TPSA) is 21.3 Å². The molecule has 0 saturated heterocycles. The van der Waals surface area contributed by atoms with Crippen molar-refractivity contribution in [2.45, 2.75) is 45.3 Å². The van der Waals surface area contributed by atoms with Gasteiger partial charge in [0, 0.05) is 12.6 Å². The van der Waals surface area contributed by atoms with Gasteiger partial charge in [0.25, 0.3) is 0 Å². The van der Waals surface area contributed by atoms with Crippen LogP contribution >= 0.6 is 0 Å². The molecule has 1 aliphatic rings. The number of benzene rings is 1.